The van der Waals surface area contributed by atoms with Crippen molar-refractivity contribution in [3.05, 3.63) is 39.8 Å². The van der Waals surface area contributed by atoms with Gasteiger partial charge in [0.1, 0.15) is 6.54 Å². The van der Waals surface area contributed by atoms with Gasteiger partial charge in [0.05, 0.1) is 16.6 Å². The zero-order chi connectivity index (χ0) is 18.0. The van der Waals surface area contributed by atoms with E-state index in [0.717, 1.165) is 9.36 Å². The van der Waals surface area contributed by atoms with E-state index < -0.39 is 11.6 Å². The normalized spacial score (nSPS) is 17.5. The molecule has 2 N–H and O–H groups in total. The molecule has 0 aliphatic carbocycles. The van der Waals surface area contributed by atoms with Gasteiger partial charge < -0.3 is 10.6 Å². The third-order valence-corrected chi connectivity index (χ3v) is 4.50. The molecule has 1 unspecified atom stereocenters. The van der Waals surface area contributed by atoms with E-state index in [1.807, 2.05) is 0 Å². The number of nitrogens with zero attached hydrogens (tertiary/aromatic N) is 5. The quantitative estimate of drug-likeness (QED) is 0.806. The number of benzene rings is 1. The molecule has 3 rings (SSSR count). The van der Waals surface area contributed by atoms with Crippen molar-refractivity contribution in [2.75, 3.05) is 13.1 Å². The maximum atomic E-state index is 12.4. The number of halogens is 1. The first-order valence-corrected chi connectivity index (χ1v) is 8.20. The molecule has 1 fully saturated rings. The first kappa shape index (κ1) is 17.2. The number of likely N-dealkylation sites (tertiary alicyclic amines) is 1. The number of carbonyl (C=O) groups is 2. The fraction of sp³-hybridized carbons (Fsp3) is 0.400. The van der Waals surface area contributed by atoms with Gasteiger partial charge in [-0.2, -0.15) is 9.36 Å². The number of hydrogen-bond donors (Lipinski definition) is 1. The third-order valence-electron chi connectivity index (χ3n) is 4.18. The Morgan fingerprint density at radius 1 is 1.28 bits per heavy atom. The van der Waals surface area contributed by atoms with E-state index in [-0.39, 0.29) is 24.9 Å². The molecule has 132 valence electrons. The van der Waals surface area contributed by atoms with Crippen molar-refractivity contribution in [3.8, 4) is 5.69 Å². The second-order valence-corrected chi connectivity index (χ2v) is 6.27. The molecule has 1 aromatic heterocycles. The van der Waals surface area contributed by atoms with Gasteiger partial charge in [0.25, 0.3) is 0 Å². The number of piperidine rings is 1. The largest absolute Gasteiger partial charge is 0.369 e. The molecular formula is C15H17ClN6O3. The van der Waals surface area contributed by atoms with Crippen LogP contribution in [0.4, 0.5) is 0 Å². The lowest BCUT2D eigenvalue weighted by Crippen LogP contribution is -2.46. The van der Waals surface area contributed by atoms with Crippen molar-refractivity contribution in [1.82, 2.24) is 24.7 Å². The second kappa shape index (κ2) is 7.06. The highest BCUT2D eigenvalue weighted by molar-refractivity contribution is 6.32. The Bertz CT molecular complexity index is 861. The molecule has 2 heterocycles. The number of hydrogen-bond acceptors (Lipinski definition) is 5. The third kappa shape index (κ3) is 3.55. The van der Waals surface area contributed by atoms with Gasteiger partial charge in [-0.15, -0.1) is 0 Å². The lowest BCUT2D eigenvalue weighted by molar-refractivity contribution is -0.135. The summed E-state index contributed by atoms with van der Waals surface area (Å²) in [6.07, 6.45) is 1.36. The van der Waals surface area contributed by atoms with Crippen molar-refractivity contribution >= 4 is 23.4 Å². The molecular weight excluding hydrogens is 348 g/mol. The Hall–Kier alpha value is -2.68. The molecule has 2 aromatic rings. The zero-order valence-corrected chi connectivity index (χ0v) is 14.1. The zero-order valence-electron chi connectivity index (χ0n) is 13.3. The van der Waals surface area contributed by atoms with E-state index in [4.69, 9.17) is 17.3 Å². The summed E-state index contributed by atoms with van der Waals surface area (Å²) >= 11 is 6.06. The van der Waals surface area contributed by atoms with E-state index >= 15 is 0 Å². The van der Waals surface area contributed by atoms with E-state index in [1.54, 1.807) is 24.3 Å². The minimum atomic E-state index is -0.565. The smallest absolute Gasteiger partial charge is 0.369 e. The van der Waals surface area contributed by atoms with Gasteiger partial charge >= 0.3 is 5.69 Å². The van der Waals surface area contributed by atoms with Crippen LogP contribution in [-0.4, -0.2) is 49.6 Å². The van der Waals surface area contributed by atoms with Crippen LogP contribution in [0.15, 0.2) is 29.1 Å². The number of primary amides is 1. The number of nitrogens with two attached hydrogens (primary N) is 1. The lowest BCUT2D eigenvalue weighted by atomic mass is 9.97. The molecule has 0 spiro atoms. The molecule has 25 heavy (non-hydrogen) atoms. The van der Waals surface area contributed by atoms with Crippen LogP contribution in [0.1, 0.15) is 12.8 Å². The van der Waals surface area contributed by atoms with E-state index in [1.165, 1.54) is 4.90 Å². The highest BCUT2D eigenvalue weighted by Crippen LogP contribution is 2.17. The standard InChI is InChI=1S/C15H17ClN6O3/c16-11-5-1-2-6-12(11)22-15(25)21(18-19-22)9-13(23)20-7-3-4-10(8-20)14(17)24/h1-2,5-6,10H,3-4,7-9H2,(H2,17,24). The van der Waals surface area contributed by atoms with Gasteiger partial charge in [-0.3, -0.25) is 9.59 Å². The van der Waals surface area contributed by atoms with Gasteiger partial charge in [-0.25, -0.2) is 4.79 Å². The molecule has 2 amide bonds. The summed E-state index contributed by atoms with van der Waals surface area (Å²) < 4.78 is 2.01. The molecule has 1 aliphatic rings. The minimum absolute atomic E-state index is 0.255. The van der Waals surface area contributed by atoms with Crippen LogP contribution in [0.25, 0.3) is 5.69 Å². The Morgan fingerprint density at radius 3 is 2.76 bits per heavy atom. The maximum Gasteiger partial charge on any atom is 0.369 e. The van der Waals surface area contributed by atoms with Crippen LogP contribution in [0, 0.1) is 5.92 Å². The number of carbonyl (C=O) groups excluding carboxylic acids is 2. The Labute approximate surface area is 147 Å². The van der Waals surface area contributed by atoms with Crippen LogP contribution >= 0.6 is 11.6 Å². The molecule has 0 bridgehead atoms. The predicted octanol–water partition coefficient (Wildman–Crippen LogP) is -0.194. The average molecular weight is 365 g/mol. The molecule has 1 aliphatic heterocycles. The van der Waals surface area contributed by atoms with Crippen LogP contribution in [-0.2, 0) is 16.1 Å². The SMILES string of the molecule is NC(=O)C1CCCN(C(=O)Cn2nnn(-c3ccccc3Cl)c2=O)C1. The number of para-hydroxylation sites is 1. The summed E-state index contributed by atoms with van der Waals surface area (Å²) in [5.74, 6) is -1.08. The summed E-state index contributed by atoms with van der Waals surface area (Å²) in [6, 6.07) is 6.71. The minimum Gasteiger partial charge on any atom is -0.369 e. The van der Waals surface area contributed by atoms with E-state index in [0.29, 0.717) is 30.1 Å². The maximum absolute atomic E-state index is 12.4. The number of rotatable bonds is 4. The van der Waals surface area contributed by atoms with Gasteiger partial charge in [0.2, 0.25) is 11.8 Å². The molecule has 1 saturated heterocycles. The summed E-state index contributed by atoms with van der Waals surface area (Å²) in [5.41, 5.74) is 5.14. The lowest BCUT2D eigenvalue weighted by Gasteiger charge is -2.31. The van der Waals surface area contributed by atoms with Crippen LogP contribution in [0.2, 0.25) is 5.02 Å². The highest BCUT2D eigenvalue weighted by atomic mass is 35.5. The molecule has 0 saturated carbocycles. The Balaban J connectivity index is 1.76. The topological polar surface area (TPSA) is 116 Å². The van der Waals surface area contributed by atoms with Gasteiger partial charge in [-0.05, 0) is 35.4 Å². The van der Waals surface area contributed by atoms with E-state index in [2.05, 4.69) is 10.4 Å². The van der Waals surface area contributed by atoms with Crippen molar-refractivity contribution in [2.24, 2.45) is 11.7 Å². The first-order valence-electron chi connectivity index (χ1n) is 7.82. The second-order valence-electron chi connectivity index (χ2n) is 5.86. The molecule has 1 aromatic carbocycles. The van der Waals surface area contributed by atoms with Gasteiger partial charge in [-0.1, -0.05) is 23.7 Å². The Kier molecular flexibility index (Phi) is 4.84. The summed E-state index contributed by atoms with van der Waals surface area (Å²) in [5, 5.41) is 7.87. The van der Waals surface area contributed by atoms with Crippen LogP contribution < -0.4 is 11.4 Å². The molecule has 1 atom stereocenters. The predicted molar refractivity (Wildman–Crippen MR) is 89.1 cm³/mol. The first-order chi connectivity index (χ1) is 12.0. The van der Waals surface area contributed by atoms with Gasteiger partial charge in [0, 0.05) is 13.1 Å². The molecule has 9 nitrogen and oxygen atoms in total. The molecule has 10 heteroatoms. The summed E-state index contributed by atoms with van der Waals surface area (Å²) in [7, 11) is 0. The van der Waals surface area contributed by atoms with Crippen LogP contribution in [0.5, 0.6) is 0 Å². The highest BCUT2D eigenvalue weighted by Gasteiger charge is 2.27. The molecule has 0 radical (unpaired) electrons. The summed E-state index contributed by atoms with van der Waals surface area (Å²) in [4.78, 5) is 37.7. The van der Waals surface area contributed by atoms with Crippen molar-refractivity contribution in [1.29, 1.82) is 0 Å². The average Bonchev–Trinajstić information content (AvgIpc) is 2.96. The van der Waals surface area contributed by atoms with Crippen LogP contribution in [0.3, 0.4) is 0 Å². The summed E-state index contributed by atoms with van der Waals surface area (Å²) in [6.45, 7) is 0.534. The number of tetrazole rings is 1. The Morgan fingerprint density at radius 2 is 2.04 bits per heavy atom. The van der Waals surface area contributed by atoms with E-state index in [9.17, 15) is 14.4 Å². The number of aromatic nitrogens is 4. The van der Waals surface area contributed by atoms with Crippen molar-refractivity contribution < 1.29 is 9.59 Å². The van der Waals surface area contributed by atoms with Crippen molar-refractivity contribution in [3.63, 3.8) is 0 Å². The van der Waals surface area contributed by atoms with Crippen molar-refractivity contribution in [2.45, 2.75) is 19.4 Å². The fourth-order valence-electron chi connectivity index (χ4n) is 2.81. The number of amides is 2. The fourth-order valence-corrected chi connectivity index (χ4v) is 3.03. The monoisotopic (exact) mass is 364 g/mol. The van der Waals surface area contributed by atoms with Gasteiger partial charge in [0.15, 0.2) is 0 Å².